The maximum absolute atomic E-state index is 12.6. The van der Waals surface area contributed by atoms with E-state index < -0.39 is 0 Å². The van der Waals surface area contributed by atoms with Crippen molar-refractivity contribution in [1.29, 1.82) is 0 Å². The molecule has 0 radical (unpaired) electrons. The zero-order chi connectivity index (χ0) is 15.4. The number of nitrogens with zero attached hydrogens (tertiary/aromatic N) is 2. The van der Waals surface area contributed by atoms with E-state index in [2.05, 4.69) is 17.3 Å². The first-order valence-electron chi connectivity index (χ1n) is 7.59. The minimum Gasteiger partial charge on any atom is -0.360 e. The molecule has 4 nitrogen and oxygen atoms in total. The molecule has 5 heteroatoms. The number of aromatic nitrogens is 1. The first-order valence-corrected chi connectivity index (χ1v) is 8.64. The Balaban J connectivity index is 1.57. The number of likely N-dealkylation sites (tertiary alicyclic amines) is 1. The molecule has 2 aromatic rings. The fourth-order valence-corrected chi connectivity index (χ4v) is 3.81. The lowest BCUT2D eigenvalue weighted by Crippen LogP contribution is -2.42. The van der Waals surface area contributed by atoms with E-state index in [0.29, 0.717) is 12.3 Å². The second kappa shape index (κ2) is 7.01. The summed E-state index contributed by atoms with van der Waals surface area (Å²) in [6.45, 7) is 3.47. The molecule has 1 aromatic heterocycles. The van der Waals surface area contributed by atoms with E-state index in [0.717, 1.165) is 30.8 Å². The zero-order valence-electron chi connectivity index (χ0n) is 12.7. The summed E-state index contributed by atoms with van der Waals surface area (Å²) in [5, 5.41) is 3.92. The monoisotopic (exact) mass is 316 g/mol. The van der Waals surface area contributed by atoms with Gasteiger partial charge in [0.1, 0.15) is 5.76 Å². The van der Waals surface area contributed by atoms with Gasteiger partial charge in [0.15, 0.2) is 0 Å². The number of carbonyl (C=O) groups is 1. The minimum absolute atomic E-state index is 0.0304. The van der Waals surface area contributed by atoms with Gasteiger partial charge in [0.25, 0.3) is 0 Å². The van der Waals surface area contributed by atoms with Gasteiger partial charge in [-0.3, -0.25) is 4.79 Å². The molecular weight excluding hydrogens is 296 g/mol. The quantitative estimate of drug-likeness (QED) is 0.848. The highest BCUT2D eigenvalue weighted by Crippen LogP contribution is 2.27. The van der Waals surface area contributed by atoms with Crippen LogP contribution in [0.25, 0.3) is 0 Å². The minimum atomic E-state index is 0.0304. The topological polar surface area (TPSA) is 46.3 Å². The van der Waals surface area contributed by atoms with Crippen LogP contribution < -0.4 is 0 Å². The van der Waals surface area contributed by atoms with Crippen LogP contribution in [-0.4, -0.2) is 27.8 Å². The molecule has 1 amide bonds. The number of carbonyl (C=O) groups excluding carboxylic acids is 1. The third-order valence-corrected chi connectivity index (χ3v) is 5.09. The van der Waals surface area contributed by atoms with E-state index in [1.165, 1.54) is 5.56 Å². The molecule has 1 aromatic carbocycles. The Morgan fingerprint density at radius 1 is 1.36 bits per heavy atom. The van der Waals surface area contributed by atoms with Crippen molar-refractivity contribution in [3.63, 3.8) is 0 Å². The highest BCUT2D eigenvalue weighted by Gasteiger charge is 2.29. The van der Waals surface area contributed by atoms with Crippen LogP contribution in [0, 0.1) is 6.92 Å². The molecule has 1 atom stereocenters. The van der Waals surface area contributed by atoms with Crippen LogP contribution in [0.1, 0.15) is 29.9 Å². The lowest BCUT2D eigenvalue weighted by molar-refractivity contribution is -0.133. The van der Waals surface area contributed by atoms with E-state index in [9.17, 15) is 4.79 Å². The van der Waals surface area contributed by atoms with E-state index in [4.69, 9.17) is 4.52 Å². The number of benzene rings is 1. The lowest BCUT2D eigenvalue weighted by atomic mass is 10.1. The third kappa shape index (κ3) is 3.71. The van der Waals surface area contributed by atoms with Crippen LogP contribution in [0.15, 0.2) is 40.9 Å². The van der Waals surface area contributed by atoms with Crippen molar-refractivity contribution in [3.8, 4) is 0 Å². The fraction of sp³-hybridized carbons (Fsp3) is 0.412. The molecule has 0 spiro atoms. The van der Waals surface area contributed by atoms with E-state index in [1.807, 2.05) is 36.1 Å². The van der Waals surface area contributed by atoms with E-state index in [-0.39, 0.29) is 11.2 Å². The van der Waals surface area contributed by atoms with Crippen molar-refractivity contribution in [2.24, 2.45) is 0 Å². The van der Waals surface area contributed by atoms with Gasteiger partial charge in [0.2, 0.25) is 5.91 Å². The molecule has 3 rings (SSSR count). The summed E-state index contributed by atoms with van der Waals surface area (Å²) in [4.78, 5) is 14.6. The summed E-state index contributed by atoms with van der Waals surface area (Å²) >= 11 is 1.66. The second-order valence-electron chi connectivity index (χ2n) is 5.62. The Bertz CT molecular complexity index is 627. The number of aryl methyl sites for hydroxylation is 1. The number of hydrogen-bond donors (Lipinski definition) is 0. The Kier molecular flexibility index (Phi) is 4.83. The van der Waals surface area contributed by atoms with Gasteiger partial charge in [0, 0.05) is 19.2 Å². The zero-order valence-corrected chi connectivity index (χ0v) is 13.5. The summed E-state index contributed by atoms with van der Waals surface area (Å²) in [7, 11) is 0. The molecule has 1 saturated heterocycles. The van der Waals surface area contributed by atoms with E-state index >= 15 is 0 Å². The molecule has 0 N–H and O–H groups in total. The highest BCUT2D eigenvalue weighted by molar-refractivity contribution is 7.99. The molecule has 2 heterocycles. The fourth-order valence-electron chi connectivity index (χ4n) is 2.69. The number of amides is 1. The van der Waals surface area contributed by atoms with Gasteiger partial charge in [-0.15, -0.1) is 11.8 Å². The van der Waals surface area contributed by atoms with Gasteiger partial charge in [-0.25, -0.2) is 0 Å². The van der Waals surface area contributed by atoms with Gasteiger partial charge in [-0.1, -0.05) is 35.5 Å². The van der Waals surface area contributed by atoms with Gasteiger partial charge in [-0.05, 0) is 25.3 Å². The lowest BCUT2D eigenvalue weighted by Gasteiger charge is -2.32. The average Bonchev–Trinajstić information content (AvgIpc) is 2.95. The maximum atomic E-state index is 12.6. The third-order valence-electron chi connectivity index (χ3n) is 3.80. The Labute approximate surface area is 134 Å². The van der Waals surface area contributed by atoms with Crippen molar-refractivity contribution in [2.75, 3.05) is 6.54 Å². The van der Waals surface area contributed by atoms with Crippen molar-refractivity contribution in [1.82, 2.24) is 10.1 Å². The Hall–Kier alpha value is -1.75. The normalized spacial score (nSPS) is 18.7. The SMILES string of the molecule is Cc1cc(CS[C@H]2CCCN(Cc3ccccc3)C2=O)on1. The first-order chi connectivity index (χ1) is 10.7. The van der Waals surface area contributed by atoms with Crippen molar-refractivity contribution < 1.29 is 9.32 Å². The molecule has 0 unspecified atom stereocenters. The summed E-state index contributed by atoms with van der Waals surface area (Å²) in [5.41, 5.74) is 2.07. The standard InChI is InChI=1S/C17H20N2O2S/c1-13-10-15(21-18-13)12-22-16-8-5-9-19(17(16)20)11-14-6-3-2-4-7-14/h2-4,6-7,10,16H,5,8-9,11-12H2,1H3/t16-/m0/s1. The van der Waals surface area contributed by atoms with Crippen LogP contribution in [0.5, 0.6) is 0 Å². The molecule has 22 heavy (non-hydrogen) atoms. The van der Waals surface area contributed by atoms with Crippen LogP contribution >= 0.6 is 11.8 Å². The first kappa shape index (κ1) is 15.2. The predicted octanol–water partition coefficient (Wildman–Crippen LogP) is 3.41. The van der Waals surface area contributed by atoms with Crippen LogP contribution in [0.4, 0.5) is 0 Å². The Morgan fingerprint density at radius 2 is 2.18 bits per heavy atom. The van der Waals surface area contributed by atoms with Crippen LogP contribution in [0.3, 0.4) is 0 Å². The number of hydrogen-bond acceptors (Lipinski definition) is 4. The summed E-state index contributed by atoms with van der Waals surface area (Å²) in [6.07, 6.45) is 2.01. The van der Waals surface area contributed by atoms with Gasteiger partial charge < -0.3 is 9.42 Å². The molecule has 0 aliphatic carbocycles. The molecule has 1 fully saturated rings. The highest BCUT2D eigenvalue weighted by atomic mass is 32.2. The number of rotatable bonds is 5. The van der Waals surface area contributed by atoms with Crippen LogP contribution in [0.2, 0.25) is 0 Å². The summed E-state index contributed by atoms with van der Waals surface area (Å²) < 4.78 is 5.22. The summed E-state index contributed by atoms with van der Waals surface area (Å²) in [6, 6.07) is 12.1. The van der Waals surface area contributed by atoms with Crippen molar-refractivity contribution in [2.45, 2.75) is 37.3 Å². The molecule has 1 aliphatic rings. The van der Waals surface area contributed by atoms with Crippen molar-refractivity contribution in [3.05, 3.63) is 53.4 Å². The molecule has 0 bridgehead atoms. The molecule has 0 saturated carbocycles. The Morgan fingerprint density at radius 3 is 2.91 bits per heavy atom. The predicted molar refractivity (Wildman–Crippen MR) is 87.4 cm³/mol. The summed E-state index contributed by atoms with van der Waals surface area (Å²) in [5.74, 6) is 1.79. The van der Waals surface area contributed by atoms with Gasteiger partial charge in [0.05, 0.1) is 16.7 Å². The van der Waals surface area contributed by atoms with Crippen LogP contribution in [-0.2, 0) is 17.1 Å². The second-order valence-corrected chi connectivity index (χ2v) is 6.81. The van der Waals surface area contributed by atoms with Crippen molar-refractivity contribution >= 4 is 17.7 Å². The van der Waals surface area contributed by atoms with Gasteiger partial charge in [-0.2, -0.15) is 0 Å². The average molecular weight is 316 g/mol. The maximum Gasteiger partial charge on any atom is 0.236 e. The molecule has 1 aliphatic heterocycles. The smallest absolute Gasteiger partial charge is 0.236 e. The number of piperidine rings is 1. The largest absolute Gasteiger partial charge is 0.360 e. The number of thioether (sulfide) groups is 1. The van der Waals surface area contributed by atoms with E-state index in [1.54, 1.807) is 11.8 Å². The molecular formula is C17H20N2O2S. The molecule has 116 valence electrons. The van der Waals surface area contributed by atoms with Gasteiger partial charge >= 0.3 is 0 Å².